The number of rotatable bonds is 1. The van der Waals surface area contributed by atoms with E-state index in [2.05, 4.69) is 45.9 Å². The quantitative estimate of drug-likeness (QED) is 0.549. The van der Waals surface area contributed by atoms with Gasteiger partial charge in [0.1, 0.15) is 5.60 Å². The van der Waals surface area contributed by atoms with Gasteiger partial charge in [0.15, 0.2) is 0 Å². The van der Waals surface area contributed by atoms with E-state index in [0.29, 0.717) is 5.92 Å². The highest BCUT2D eigenvalue weighted by molar-refractivity contribution is 5.23. The van der Waals surface area contributed by atoms with Gasteiger partial charge in [-0.05, 0) is 58.8 Å². The molecule has 22 heavy (non-hydrogen) atoms. The third-order valence-corrected chi connectivity index (χ3v) is 5.08. The SMILES string of the molecule is CC1=CCCC(C)(O)C=CC2(C(C)C)OC2CC(C)=CCC1. The Labute approximate surface area is 136 Å². The minimum atomic E-state index is -0.760. The molecule has 3 atom stereocenters. The highest BCUT2D eigenvalue weighted by Crippen LogP contribution is 2.47. The molecule has 0 spiro atoms. The number of fused-ring (bicyclic) bond motifs is 1. The van der Waals surface area contributed by atoms with Crippen molar-refractivity contribution < 1.29 is 9.84 Å². The van der Waals surface area contributed by atoms with Crippen LogP contribution in [0.25, 0.3) is 0 Å². The molecule has 0 aromatic heterocycles. The Hall–Kier alpha value is -0.860. The lowest BCUT2D eigenvalue weighted by molar-refractivity contribution is 0.101. The summed E-state index contributed by atoms with van der Waals surface area (Å²) in [6.45, 7) is 10.7. The van der Waals surface area contributed by atoms with E-state index < -0.39 is 5.60 Å². The van der Waals surface area contributed by atoms with Crippen LogP contribution in [0.2, 0.25) is 0 Å². The molecule has 1 aliphatic carbocycles. The number of hydrogen-bond acceptors (Lipinski definition) is 2. The Morgan fingerprint density at radius 2 is 1.82 bits per heavy atom. The third kappa shape index (κ3) is 4.33. The number of epoxide rings is 1. The van der Waals surface area contributed by atoms with Crippen molar-refractivity contribution in [2.45, 2.75) is 84.0 Å². The van der Waals surface area contributed by atoms with Gasteiger partial charge in [-0.3, -0.25) is 0 Å². The molecule has 2 heteroatoms. The molecule has 2 nitrogen and oxygen atoms in total. The van der Waals surface area contributed by atoms with Gasteiger partial charge in [-0.15, -0.1) is 0 Å². The van der Waals surface area contributed by atoms with E-state index >= 15 is 0 Å². The minimum Gasteiger partial charge on any atom is -0.386 e. The minimum absolute atomic E-state index is 0.186. The Morgan fingerprint density at radius 1 is 1.14 bits per heavy atom. The second kappa shape index (κ2) is 6.72. The van der Waals surface area contributed by atoms with Crippen LogP contribution in [0.3, 0.4) is 0 Å². The van der Waals surface area contributed by atoms with Gasteiger partial charge in [-0.1, -0.05) is 49.3 Å². The summed E-state index contributed by atoms with van der Waals surface area (Å²) in [6.07, 6.45) is 13.8. The average Bonchev–Trinajstić information content (AvgIpc) is 3.10. The topological polar surface area (TPSA) is 32.8 Å². The normalized spacial score (nSPS) is 37.1. The van der Waals surface area contributed by atoms with Crippen LogP contribution < -0.4 is 0 Å². The maximum Gasteiger partial charge on any atom is 0.116 e. The summed E-state index contributed by atoms with van der Waals surface area (Å²) in [6, 6.07) is 0. The molecule has 0 radical (unpaired) electrons. The Morgan fingerprint density at radius 3 is 2.50 bits per heavy atom. The van der Waals surface area contributed by atoms with Crippen molar-refractivity contribution in [3.05, 3.63) is 35.5 Å². The molecule has 2 aliphatic rings. The average molecular weight is 304 g/mol. The lowest BCUT2D eigenvalue weighted by Crippen LogP contribution is -2.25. The second-order valence-corrected chi connectivity index (χ2v) is 7.69. The van der Waals surface area contributed by atoms with Gasteiger partial charge < -0.3 is 9.84 Å². The van der Waals surface area contributed by atoms with E-state index in [9.17, 15) is 5.11 Å². The molecule has 1 heterocycles. The van der Waals surface area contributed by atoms with E-state index in [0.717, 1.165) is 32.1 Å². The molecule has 0 saturated carbocycles. The van der Waals surface area contributed by atoms with Crippen molar-refractivity contribution in [3.8, 4) is 0 Å². The number of aliphatic hydroxyl groups is 1. The van der Waals surface area contributed by atoms with E-state index in [1.807, 2.05) is 13.0 Å². The lowest BCUT2D eigenvalue weighted by atomic mass is 9.86. The van der Waals surface area contributed by atoms with Crippen LogP contribution in [0.4, 0.5) is 0 Å². The highest BCUT2D eigenvalue weighted by atomic mass is 16.6. The van der Waals surface area contributed by atoms with Crippen LogP contribution in [-0.2, 0) is 4.74 Å². The first kappa shape index (κ1) is 17.5. The molecule has 0 aromatic rings. The predicted octanol–water partition coefficient (Wildman–Crippen LogP) is 4.94. The molecule has 1 aliphatic heterocycles. The maximum absolute atomic E-state index is 10.6. The van der Waals surface area contributed by atoms with E-state index in [4.69, 9.17) is 4.74 Å². The Bertz CT molecular complexity index is 482. The molecule has 0 aromatic carbocycles. The monoisotopic (exact) mass is 304 g/mol. The van der Waals surface area contributed by atoms with Crippen LogP contribution in [0, 0.1) is 5.92 Å². The fourth-order valence-corrected chi connectivity index (χ4v) is 3.29. The first-order chi connectivity index (χ1) is 10.3. The summed E-state index contributed by atoms with van der Waals surface area (Å²) in [5, 5.41) is 10.6. The molecule has 0 amide bonds. The molecule has 124 valence electrons. The van der Waals surface area contributed by atoms with Crippen LogP contribution >= 0.6 is 0 Å². The number of allylic oxidation sites excluding steroid dienone is 3. The summed E-state index contributed by atoms with van der Waals surface area (Å²) < 4.78 is 6.08. The fraction of sp³-hybridized carbons (Fsp3) is 0.700. The first-order valence-corrected chi connectivity index (χ1v) is 8.67. The van der Waals surface area contributed by atoms with Crippen molar-refractivity contribution in [1.82, 2.24) is 0 Å². The highest BCUT2D eigenvalue weighted by Gasteiger charge is 2.56. The fourth-order valence-electron chi connectivity index (χ4n) is 3.29. The smallest absolute Gasteiger partial charge is 0.116 e. The summed E-state index contributed by atoms with van der Waals surface area (Å²) in [5.41, 5.74) is 1.89. The molecule has 1 saturated heterocycles. The Balaban J connectivity index is 2.21. The van der Waals surface area contributed by atoms with Crippen molar-refractivity contribution in [2.75, 3.05) is 0 Å². The van der Waals surface area contributed by atoms with E-state index in [-0.39, 0.29) is 11.7 Å². The first-order valence-electron chi connectivity index (χ1n) is 8.67. The summed E-state index contributed by atoms with van der Waals surface area (Å²) in [7, 11) is 0. The molecule has 0 bridgehead atoms. The summed E-state index contributed by atoms with van der Waals surface area (Å²) >= 11 is 0. The van der Waals surface area contributed by atoms with Gasteiger partial charge in [-0.2, -0.15) is 0 Å². The molecular weight excluding hydrogens is 272 g/mol. The number of ether oxygens (including phenoxy) is 1. The largest absolute Gasteiger partial charge is 0.386 e. The van der Waals surface area contributed by atoms with E-state index in [1.165, 1.54) is 11.1 Å². The van der Waals surface area contributed by atoms with Crippen molar-refractivity contribution >= 4 is 0 Å². The third-order valence-electron chi connectivity index (χ3n) is 5.08. The molecule has 2 rings (SSSR count). The van der Waals surface area contributed by atoms with Crippen LogP contribution in [0.15, 0.2) is 35.5 Å². The van der Waals surface area contributed by atoms with Crippen LogP contribution in [-0.4, -0.2) is 22.4 Å². The standard InChI is InChI=1S/C20H32O2/c1-15(2)20-13-12-19(5,21)11-7-10-16(3)8-6-9-17(4)14-18(20)22-20/h9-10,12-13,15,18,21H,6-8,11,14H2,1-5H3. The van der Waals surface area contributed by atoms with Crippen molar-refractivity contribution in [3.63, 3.8) is 0 Å². The number of hydrogen-bond donors (Lipinski definition) is 1. The van der Waals surface area contributed by atoms with Gasteiger partial charge in [0.2, 0.25) is 0 Å². The molecule has 3 unspecified atom stereocenters. The summed E-state index contributed by atoms with van der Waals surface area (Å²) in [5.74, 6) is 0.424. The predicted molar refractivity (Wildman–Crippen MR) is 92.8 cm³/mol. The van der Waals surface area contributed by atoms with Crippen molar-refractivity contribution in [1.29, 1.82) is 0 Å². The molecule has 1 fully saturated rings. The molecule has 1 N–H and O–H groups in total. The Kier molecular flexibility index (Phi) is 5.34. The van der Waals surface area contributed by atoms with Gasteiger partial charge in [0.25, 0.3) is 0 Å². The van der Waals surface area contributed by atoms with Crippen LogP contribution in [0.5, 0.6) is 0 Å². The second-order valence-electron chi connectivity index (χ2n) is 7.69. The zero-order chi connectivity index (χ0) is 16.4. The van der Waals surface area contributed by atoms with Crippen LogP contribution in [0.1, 0.15) is 66.7 Å². The summed E-state index contributed by atoms with van der Waals surface area (Å²) in [4.78, 5) is 0. The zero-order valence-corrected chi connectivity index (χ0v) is 14.9. The van der Waals surface area contributed by atoms with Gasteiger partial charge in [0, 0.05) is 0 Å². The van der Waals surface area contributed by atoms with Gasteiger partial charge in [0.05, 0.1) is 11.7 Å². The van der Waals surface area contributed by atoms with Gasteiger partial charge >= 0.3 is 0 Å². The maximum atomic E-state index is 10.6. The van der Waals surface area contributed by atoms with E-state index in [1.54, 1.807) is 0 Å². The lowest BCUT2D eigenvalue weighted by Gasteiger charge is -2.21. The van der Waals surface area contributed by atoms with Gasteiger partial charge in [-0.25, -0.2) is 0 Å². The molecular formula is C20H32O2. The zero-order valence-electron chi connectivity index (χ0n) is 14.9. The van der Waals surface area contributed by atoms with Crippen molar-refractivity contribution in [2.24, 2.45) is 5.92 Å².